The van der Waals surface area contributed by atoms with Gasteiger partial charge in [-0.15, -0.1) is 0 Å². The van der Waals surface area contributed by atoms with E-state index in [0.717, 1.165) is 5.56 Å². The summed E-state index contributed by atoms with van der Waals surface area (Å²) in [4.78, 5) is 17.9. The summed E-state index contributed by atoms with van der Waals surface area (Å²) < 4.78 is 0. The predicted molar refractivity (Wildman–Crippen MR) is 73.4 cm³/mol. The smallest absolute Gasteiger partial charge is 0.273 e. The topological polar surface area (TPSA) is 74.9 Å². The largest absolute Gasteiger partial charge is 0.341 e. The molecule has 0 unspecified atom stereocenters. The molecule has 0 bridgehead atoms. The summed E-state index contributed by atoms with van der Waals surface area (Å²) in [7, 11) is 3.49. The highest BCUT2D eigenvalue weighted by molar-refractivity contribution is 6.29. The molecule has 0 saturated carbocycles. The molecular weight excluding hydrogens is 270 g/mol. The second-order valence-corrected chi connectivity index (χ2v) is 4.38. The molecule has 104 valence electrons. The van der Waals surface area contributed by atoms with Crippen molar-refractivity contribution in [2.75, 3.05) is 20.6 Å². The molecule has 0 aliphatic heterocycles. The van der Waals surface area contributed by atoms with Crippen LogP contribution >= 0.6 is 11.6 Å². The van der Waals surface area contributed by atoms with E-state index in [-0.39, 0.29) is 0 Å². The molecule has 0 aromatic carbocycles. The van der Waals surface area contributed by atoms with E-state index in [1.807, 2.05) is 13.0 Å². The predicted octanol–water partition coefficient (Wildman–Crippen LogP) is 1.67. The molecule has 0 spiro atoms. The Balaban J connectivity index is 2.85. The zero-order valence-electron chi connectivity index (χ0n) is 11.1. The van der Waals surface area contributed by atoms with E-state index in [2.05, 4.69) is 10.1 Å². The van der Waals surface area contributed by atoms with Gasteiger partial charge in [0, 0.05) is 33.4 Å². The van der Waals surface area contributed by atoms with Crippen molar-refractivity contribution in [1.29, 1.82) is 0 Å². The van der Waals surface area contributed by atoms with Gasteiger partial charge in [-0.25, -0.2) is 15.1 Å². The Morgan fingerprint density at radius 2 is 2.16 bits per heavy atom. The number of halogens is 1. The minimum atomic E-state index is -0.696. The van der Waals surface area contributed by atoms with Crippen LogP contribution in [0.15, 0.2) is 23.4 Å². The number of hydrazone groups is 1. The molecule has 0 aliphatic carbocycles. The molecular formula is C11H16ClN5O2. The average Bonchev–Trinajstić information content (AvgIpc) is 2.37. The lowest BCUT2D eigenvalue weighted by Gasteiger charge is -2.25. The number of hydrogen-bond donors (Lipinski definition) is 0. The monoisotopic (exact) mass is 285 g/mol. The first-order chi connectivity index (χ1) is 8.93. The third kappa shape index (κ3) is 4.70. The number of aromatic nitrogens is 1. The number of nitro groups is 1. The summed E-state index contributed by atoms with van der Waals surface area (Å²) in [6.45, 7) is 2.98. The van der Waals surface area contributed by atoms with Crippen molar-refractivity contribution in [2.45, 2.75) is 13.5 Å². The van der Waals surface area contributed by atoms with Gasteiger partial charge in [-0.1, -0.05) is 17.7 Å². The van der Waals surface area contributed by atoms with E-state index in [0.29, 0.717) is 24.2 Å². The fraction of sp³-hybridized carbons (Fsp3) is 0.455. The summed E-state index contributed by atoms with van der Waals surface area (Å²) >= 11 is 5.71. The lowest BCUT2D eigenvalue weighted by atomic mass is 10.3. The van der Waals surface area contributed by atoms with Crippen LogP contribution in [0.2, 0.25) is 5.15 Å². The third-order valence-corrected chi connectivity index (χ3v) is 2.76. The number of nitrogens with zero attached hydrogens (tertiary/aromatic N) is 5. The van der Waals surface area contributed by atoms with Crippen molar-refractivity contribution in [2.24, 2.45) is 5.10 Å². The Labute approximate surface area is 116 Å². The van der Waals surface area contributed by atoms with Crippen molar-refractivity contribution in [3.05, 3.63) is 39.2 Å². The van der Waals surface area contributed by atoms with Crippen LogP contribution in [0.4, 0.5) is 0 Å². The van der Waals surface area contributed by atoms with Crippen LogP contribution in [0, 0.1) is 10.1 Å². The molecule has 0 radical (unpaired) electrons. The Morgan fingerprint density at radius 1 is 1.47 bits per heavy atom. The zero-order chi connectivity index (χ0) is 14.4. The van der Waals surface area contributed by atoms with Crippen molar-refractivity contribution in [3.8, 4) is 0 Å². The minimum Gasteiger partial charge on any atom is -0.341 e. The molecule has 1 aromatic rings. The summed E-state index contributed by atoms with van der Waals surface area (Å²) in [5, 5.41) is 13.7. The molecule has 1 rings (SSSR count). The van der Waals surface area contributed by atoms with Crippen LogP contribution in [-0.4, -0.2) is 46.4 Å². The molecule has 1 aromatic heterocycles. The third-order valence-electron chi connectivity index (χ3n) is 2.54. The number of hydrogen-bond acceptors (Lipinski definition) is 3. The van der Waals surface area contributed by atoms with Gasteiger partial charge in [0.2, 0.25) is 0 Å². The van der Waals surface area contributed by atoms with Gasteiger partial charge in [0.25, 0.3) is 5.96 Å². The van der Waals surface area contributed by atoms with Gasteiger partial charge in [0.05, 0.1) is 0 Å². The summed E-state index contributed by atoms with van der Waals surface area (Å²) in [5.41, 5.74) is 0.896. The maximum atomic E-state index is 10.6. The van der Waals surface area contributed by atoms with E-state index in [9.17, 15) is 10.1 Å². The van der Waals surface area contributed by atoms with Gasteiger partial charge in [-0.05, 0) is 18.6 Å². The Morgan fingerprint density at radius 3 is 2.63 bits per heavy atom. The highest BCUT2D eigenvalue weighted by atomic mass is 35.5. The standard InChI is InChI=1S/C11H16ClN5O2/c1-4-15(2)11(14-17(18)19)16(3)8-9-5-6-10(12)13-7-9/h5-7H,4,8H2,1-3H3. The highest BCUT2D eigenvalue weighted by Gasteiger charge is 2.16. The molecule has 0 aliphatic rings. The first-order valence-corrected chi connectivity index (χ1v) is 6.07. The number of guanidine groups is 1. The summed E-state index contributed by atoms with van der Waals surface area (Å²) in [5.74, 6) is 0.294. The number of pyridine rings is 1. The molecule has 1 heterocycles. The quantitative estimate of drug-likeness (QED) is 0.276. The number of rotatable bonds is 4. The molecule has 0 saturated heterocycles. The van der Waals surface area contributed by atoms with E-state index in [1.165, 1.54) is 0 Å². The van der Waals surface area contributed by atoms with E-state index in [4.69, 9.17) is 11.6 Å². The molecule has 19 heavy (non-hydrogen) atoms. The molecule has 0 atom stereocenters. The van der Waals surface area contributed by atoms with Gasteiger partial charge in [0.1, 0.15) is 10.3 Å². The average molecular weight is 286 g/mol. The maximum Gasteiger partial charge on any atom is 0.273 e. The fourth-order valence-electron chi connectivity index (χ4n) is 1.50. The van der Waals surface area contributed by atoms with Crippen molar-refractivity contribution < 1.29 is 5.03 Å². The SMILES string of the molecule is CCN(C)C(=N[N+](=O)[O-])N(C)Cc1ccc(Cl)nc1. The summed E-state index contributed by atoms with van der Waals surface area (Å²) in [6.07, 6.45) is 1.63. The normalized spacial score (nSPS) is 11.3. The van der Waals surface area contributed by atoms with Gasteiger partial charge in [-0.2, -0.15) is 0 Å². The van der Waals surface area contributed by atoms with Gasteiger partial charge >= 0.3 is 0 Å². The van der Waals surface area contributed by atoms with E-state index in [1.54, 1.807) is 36.2 Å². The fourth-order valence-corrected chi connectivity index (χ4v) is 1.61. The Kier molecular flexibility index (Phi) is 5.50. The lowest BCUT2D eigenvalue weighted by molar-refractivity contribution is -0.486. The van der Waals surface area contributed by atoms with Crippen LogP contribution in [-0.2, 0) is 6.54 Å². The molecule has 8 heteroatoms. The molecule has 0 fully saturated rings. The second-order valence-electron chi connectivity index (χ2n) is 4.00. The molecule has 0 N–H and O–H groups in total. The second kappa shape index (κ2) is 6.89. The first kappa shape index (κ1) is 15.2. The van der Waals surface area contributed by atoms with Crippen molar-refractivity contribution >= 4 is 17.6 Å². The minimum absolute atomic E-state index is 0.294. The Hall–Kier alpha value is -1.89. The molecule has 0 amide bonds. The van der Waals surface area contributed by atoms with Crippen molar-refractivity contribution in [3.63, 3.8) is 0 Å². The van der Waals surface area contributed by atoms with E-state index >= 15 is 0 Å². The van der Waals surface area contributed by atoms with Crippen LogP contribution in [0.3, 0.4) is 0 Å². The highest BCUT2D eigenvalue weighted by Crippen LogP contribution is 2.08. The van der Waals surface area contributed by atoms with Crippen LogP contribution in [0.5, 0.6) is 0 Å². The maximum absolute atomic E-state index is 10.6. The lowest BCUT2D eigenvalue weighted by Crippen LogP contribution is -2.40. The van der Waals surface area contributed by atoms with Gasteiger partial charge < -0.3 is 9.80 Å². The van der Waals surface area contributed by atoms with Gasteiger partial charge in [0.15, 0.2) is 5.03 Å². The van der Waals surface area contributed by atoms with Crippen LogP contribution in [0.1, 0.15) is 12.5 Å². The van der Waals surface area contributed by atoms with Crippen molar-refractivity contribution in [1.82, 2.24) is 14.8 Å². The zero-order valence-corrected chi connectivity index (χ0v) is 11.8. The van der Waals surface area contributed by atoms with Crippen LogP contribution < -0.4 is 0 Å². The van der Waals surface area contributed by atoms with Gasteiger partial charge in [-0.3, -0.25) is 0 Å². The Bertz CT molecular complexity index is 463. The van der Waals surface area contributed by atoms with Crippen LogP contribution in [0.25, 0.3) is 0 Å². The van der Waals surface area contributed by atoms with E-state index < -0.39 is 5.03 Å². The summed E-state index contributed by atoms with van der Waals surface area (Å²) in [6, 6.07) is 3.50. The first-order valence-electron chi connectivity index (χ1n) is 5.69. The molecule has 7 nitrogen and oxygen atoms in total.